The van der Waals surface area contributed by atoms with Crippen LogP contribution in [-0.2, 0) is 0 Å². The minimum Gasteiger partial charge on any atom is -0.287 e. The highest BCUT2D eigenvalue weighted by atomic mass is 79.9. The summed E-state index contributed by atoms with van der Waals surface area (Å²) >= 11 is 20.3. The number of benzene rings is 1. The van der Waals surface area contributed by atoms with E-state index in [1.54, 1.807) is 0 Å². The molecule has 98 valence electrons. The van der Waals surface area contributed by atoms with E-state index in [-0.39, 0.29) is 26.3 Å². The zero-order valence-corrected chi connectivity index (χ0v) is 12.9. The van der Waals surface area contributed by atoms with Crippen LogP contribution in [0.4, 0.5) is 4.39 Å². The average molecular weight is 383 g/mol. The second-order valence-electron chi connectivity index (χ2n) is 3.54. The van der Waals surface area contributed by atoms with Crippen molar-refractivity contribution < 1.29 is 9.18 Å². The molecule has 0 amide bonds. The van der Waals surface area contributed by atoms with Crippen molar-refractivity contribution in [3.63, 3.8) is 0 Å². The lowest BCUT2D eigenvalue weighted by Gasteiger charge is -2.06. The zero-order valence-electron chi connectivity index (χ0n) is 9.05. The van der Waals surface area contributed by atoms with Crippen LogP contribution in [0.2, 0.25) is 15.1 Å². The van der Waals surface area contributed by atoms with Gasteiger partial charge in [0, 0.05) is 10.7 Å². The van der Waals surface area contributed by atoms with Crippen LogP contribution < -0.4 is 0 Å². The quantitative estimate of drug-likeness (QED) is 0.529. The largest absolute Gasteiger partial charge is 0.287 e. The third kappa shape index (κ3) is 2.92. The molecule has 0 fully saturated rings. The van der Waals surface area contributed by atoms with Crippen molar-refractivity contribution in [1.29, 1.82) is 0 Å². The summed E-state index contributed by atoms with van der Waals surface area (Å²) in [7, 11) is 0. The summed E-state index contributed by atoms with van der Waals surface area (Å²) in [4.78, 5) is 16.0. The molecule has 1 heterocycles. The van der Waals surface area contributed by atoms with Crippen LogP contribution >= 0.6 is 50.7 Å². The van der Waals surface area contributed by atoms with Gasteiger partial charge in [-0.2, -0.15) is 0 Å². The molecule has 2 rings (SSSR count). The van der Waals surface area contributed by atoms with E-state index in [1.807, 2.05) is 0 Å². The molecule has 2 aromatic rings. The molecule has 1 aromatic carbocycles. The fourth-order valence-electron chi connectivity index (χ4n) is 1.41. The molecule has 0 saturated heterocycles. The van der Waals surface area contributed by atoms with Crippen molar-refractivity contribution in [3.05, 3.63) is 61.0 Å². The number of rotatable bonds is 2. The zero-order chi connectivity index (χ0) is 14.2. The van der Waals surface area contributed by atoms with Gasteiger partial charge in [-0.3, -0.25) is 4.79 Å². The molecule has 0 saturated carbocycles. The normalized spacial score (nSPS) is 10.6. The molecule has 2 nitrogen and oxygen atoms in total. The number of hydrogen-bond acceptors (Lipinski definition) is 2. The van der Waals surface area contributed by atoms with E-state index < -0.39 is 11.6 Å². The summed E-state index contributed by atoms with van der Waals surface area (Å²) in [5.41, 5.74) is -0.284. The van der Waals surface area contributed by atoms with Crippen LogP contribution in [0, 0.1) is 5.82 Å². The molecule has 19 heavy (non-hydrogen) atoms. The minimum absolute atomic E-state index is 0.0518. The smallest absolute Gasteiger partial charge is 0.215 e. The van der Waals surface area contributed by atoms with Gasteiger partial charge in [0.05, 0.1) is 20.6 Å². The maximum Gasteiger partial charge on any atom is 0.215 e. The molecule has 0 radical (unpaired) electrons. The van der Waals surface area contributed by atoms with Crippen molar-refractivity contribution >= 4 is 56.5 Å². The molecular weight excluding hydrogens is 379 g/mol. The van der Waals surface area contributed by atoms with Gasteiger partial charge in [-0.05, 0) is 34.1 Å². The van der Waals surface area contributed by atoms with E-state index in [2.05, 4.69) is 20.9 Å². The Kier molecular flexibility index (Phi) is 4.46. The Labute approximate surface area is 131 Å². The summed E-state index contributed by atoms with van der Waals surface area (Å²) in [6, 6.07) is 4.14. The van der Waals surface area contributed by atoms with Crippen molar-refractivity contribution in [1.82, 2.24) is 4.98 Å². The first-order chi connectivity index (χ1) is 8.91. The maximum absolute atomic E-state index is 13.9. The SMILES string of the molecule is O=C(c1ccc(Br)c(Cl)c1F)c1ncc(Cl)cc1Cl. The minimum atomic E-state index is -0.825. The Bertz CT molecular complexity index is 678. The molecule has 0 aliphatic heterocycles. The monoisotopic (exact) mass is 381 g/mol. The maximum atomic E-state index is 13.9. The second-order valence-corrected chi connectivity index (χ2v) is 5.61. The molecule has 0 aliphatic carbocycles. The molecule has 0 bridgehead atoms. The van der Waals surface area contributed by atoms with Crippen molar-refractivity contribution in [2.24, 2.45) is 0 Å². The molecular formula is C12H4BrCl3FNO. The van der Waals surface area contributed by atoms with Gasteiger partial charge in [0.2, 0.25) is 5.78 Å². The van der Waals surface area contributed by atoms with Gasteiger partial charge in [0.25, 0.3) is 0 Å². The Hall–Kier alpha value is -0.680. The Morgan fingerprint density at radius 2 is 1.95 bits per heavy atom. The molecule has 0 unspecified atom stereocenters. The molecule has 0 atom stereocenters. The predicted molar refractivity (Wildman–Crippen MR) is 76.8 cm³/mol. The number of carbonyl (C=O) groups excluding carboxylic acids is 1. The first kappa shape index (κ1) is 14.7. The topological polar surface area (TPSA) is 30.0 Å². The van der Waals surface area contributed by atoms with Gasteiger partial charge < -0.3 is 0 Å². The fourth-order valence-corrected chi connectivity index (χ4v) is 2.35. The number of aromatic nitrogens is 1. The lowest BCUT2D eigenvalue weighted by molar-refractivity contribution is 0.103. The second kappa shape index (κ2) is 5.75. The Morgan fingerprint density at radius 3 is 2.58 bits per heavy atom. The third-order valence-electron chi connectivity index (χ3n) is 2.30. The number of pyridine rings is 1. The molecule has 0 N–H and O–H groups in total. The standard InChI is InChI=1S/C12H4BrCl3FNO/c13-7-2-1-6(10(17)9(7)16)12(19)11-8(15)3-5(14)4-18-11/h1-4H. The van der Waals surface area contributed by atoms with Gasteiger partial charge in [-0.25, -0.2) is 9.37 Å². The van der Waals surface area contributed by atoms with Crippen molar-refractivity contribution in [2.45, 2.75) is 0 Å². The highest BCUT2D eigenvalue weighted by molar-refractivity contribution is 9.10. The number of ketones is 1. The van der Waals surface area contributed by atoms with E-state index in [4.69, 9.17) is 34.8 Å². The predicted octanol–water partition coefficient (Wildman–Crippen LogP) is 5.17. The van der Waals surface area contributed by atoms with Gasteiger partial charge in [-0.15, -0.1) is 0 Å². The van der Waals surface area contributed by atoms with E-state index in [1.165, 1.54) is 24.4 Å². The van der Waals surface area contributed by atoms with Crippen LogP contribution in [0.5, 0.6) is 0 Å². The first-order valence-electron chi connectivity index (χ1n) is 4.91. The highest BCUT2D eigenvalue weighted by Crippen LogP contribution is 2.29. The van der Waals surface area contributed by atoms with E-state index in [9.17, 15) is 9.18 Å². The summed E-state index contributed by atoms with van der Waals surface area (Å²) in [6.07, 6.45) is 1.26. The first-order valence-corrected chi connectivity index (χ1v) is 6.83. The number of nitrogens with zero attached hydrogens (tertiary/aromatic N) is 1. The van der Waals surface area contributed by atoms with Crippen molar-refractivity contribution in [2.75, 3.05) is 0 Å². The molecule has 7 heteroatoms. The van der Waals surface area contributed by atoms with Gasteiger partial charge >= 0.3 is 0 Å². The van der Waals surface area contributed by atoms with Crippen LogP contribution in [0.25, 0.3) is 0 Å². The Balaban J connectivity index is 2.53. The van der Waals surface area contributed by atoms with Crippen LogP contribution in [-0.4, -0.2) is 10.8 Å². The van der Waals surface area contributed by atoms with Crippen LogP contribution in [0.3, 0.4) is 0 Å². The Morgan fingerprint density at radius 1 is 1.26 bits per heavy atom. The fraction of sp³-hybridized carbons (Fsp3) is 0. The highest BCUT2D eigenvalue weighted by Gasteiger charge is 2.21. The van der Waals surface area contributed by atoms with Crippen LogP contribution in [0.1, 0.15) is 16.1 Å². The van der Waals surface area contributed by atoms with Gasteiger partial charge in [-0.1, -0.05) is 34.8 Å². The number of hydrogen-bond donors (Lipinski definition) is 0. The number of halogens is 5. The summed E-state index contributed by atoms with van der Waals surface area (Å²) in [5, 5.41) is 0.169. The molecule has 0 spiro atoms. The van der Waals surface area contributed by atoms with Crippen molar-refractivity contribution in [3.8, 4) is 0 Å². The lowest BCUT2D eigenvalue weighted by atomic mass is 10.1. The molecule has 0 aliphatic rings. The molecule has 1 aromatic heterocycles. The van der Waals surface area contributed by atoms with Crippen LogP contribution in [0.15, 0.2) is 28.9 Å². The van der Waals surface area contributed by atoms with Gasteiger partial charge in [0.15, 0.2) is 5.82 Å². The third-order valence-corrected chi connectivity index (χ3v) is 4.06. The number of carbonyl (C=O) groups is 1. The van der Waals surface area contributed by atoms with Gasteiger partial charge in [0.1, 0.15) is 5.69 Å². The van der Waals surface area contributed by atoms with E-state index in [0.717, 1.165) is 0 Å². The summed E-state index contributed by atoms with van der Waals surface area (Å²) in [6.45, 7) is 0. The average Bonchev–Trinajstić information content (AvgIpc) is 2.35. The summed E-state index contributed by atoms with van der Waals surface area (Å²) in [5.74, 6) is -1.48. The van der Waals surface area contributed by atoms with E-state index >= 15 is 0 Å². The van der Waals surface area contributed by atoms with E-state index in [0.29, 0.717) is 4.47 Å². The lowest BCUT2D eigenvalue weighted by Crippen LogP contribution is -2.08. The summed E-state index contributed by atoms with van der Waals surface area (Å²) < 4.78 is 14.3.